The molecule has 0 bridgehead atoms. The topological polar surface area (TPSA) is 85.9 Å². The third-order valence-electron chi connectivity index (χ3n) is 4.50. The first-order valence-corrected chi connectivity index (χ1v) is 9.52. The third kappa shape index (κ3) is 5.11. The number of rotatable bonds is 7. The maximum Gasteiger partial charge on any atom is 0.262 e. The van der Waals surface area contributed by atoms with Crippen molar-refractivity contribution < 1.29 is 28.2 Å². The number of fused-ring (bicyclic) bond motifs is 1. The van der Waals surface area contributed by atoms with Gasteiger partial charge >= 0.3 is 0 Å². The van der Waals surface area contributed by atoms with Gasteiger partial charge in [-0.05, 0) is 42.0 Å². The van der Waals surface area contributed by atoms with E-state index in [1.807, 2.05) is 6.07 Å². The Bertz CT molecular complexity index is 1120. The largest absolute Gasteiger partial charge is 0.484 e. The van der Waals surface area contributed by atoms with Gasteiger partial charge in [-0.25, -0.2) is 4.39 Å². The molecular formula is C23H19FN2O5. The molecule has 158 valence electrons. The van der Waals surface area contributed by atoms with E-state index < -0.39 is 11.7 Å². The summed E-state index contributed by atoms with van der Waals surface area (Å²) in [5.41, 5.74) is 1.50. The predicted octanol–water partition coefficient (Wildman–Crippen LogP) is 3.50. The summed E-state index contributed by atoms with van der Waals surface area (Å²) >= 11 is 0. The van der Waals surface area contributed by atoms with Crippen molar-refractivity contribution in [2.24, 2.45) is 0 Å². The lowest BCUT2D eigenvalue weighted by Gasteiger charge is -2.12. The summed E-state index contributed by atoms with van der Waals surface area (Å²) in [6, 6.07) is 17.6. The molecule has 0 unspecified atom stereocenters. The van der Waals surface area contributed by atoms with Crippen LogP contribution in [-0.4, -0.2) is 25.2 Å². The minimum Gasteiger partial charge on any atom is -0.484 e. The zero-order chi connectivity index (χ0) is 21.6. The van der Waals surface area contributed by atoms with Gasteiger partial charge in [0.1, 0.15) is 11.6 Å². The molecule has 7 nitrogen and oxygen atoms in total. The normalized spacial score (nSPS) is 11.6. The molecule has 0 aromatic heterocycles. The molecule has 8 heteroatoms. The molecule has 2 amide bonds. The molecule has 1 aliphatic heterocycles. The summed E-state index contributed by atoms with van der Waals surface area (Å²) in [6.07, 6.45) is 0. The fourth-order valence-corrected chi connectivity index (χ4v) is 3.01. The highest BCUT2D eigenvalue weighted by atomic mass is 19.1. The van der Waals surface area contributed by atoms with Crippen molar-refractivity contribution in [2.45, 2.75) is 6.54 Å². The number of carbonyl (C=O) groups is 2. The van der Waals surface area contributed by atoms with E-state index in [-0.39, 0.29) is 31.6 Å². The average Bonchev–Trinajstić information content (AvgIpc) is 3.24. The number of ether oxygens (including phenoxy) is 3. The highest BCUT2D eigenvalue weighted by molar-refractivity contribution is 6.04. The predicted molar refractivity (Wildman–Crippen MR) is 111 cm³/mol. The highest BCUT2D eigenvalue weighted by Crippen LogP contribution is 2.32. The molecule has 0 saturated heterocycles. The maximum atomic E-state index is 13.2. The smallest absolute Gasteiger partial charge is 0.262 e. The van der Waals surface area contributed by atoms with Crippen molar-refractivity contribution in [3.8, 4) is 17.2 Å². The Morgan fingerprint density at radius 2 is 1.81 bits per heavy atom. The Morgan fingerprint density at radius 3 is 2.68 bits per heavy atom. The van der Waals surface area contributed by atoms with Crippen LogP contribution in [-0.2, 0) is 11.3 Å². The summed E-state index contributed by atoms with van der Waals surface area (Å²) in [5, 5.41) is 5.48. The van der Waals surface area contributed by atoms with Gasteiger partial charge < -0.3 is 24.8 Å². The fraction of sp³-hybridized carbons (Fsp3) is 0.130. The van der Waals surface area contributed by atoms with Gasteiger partial charge in [-0.2, -0.15) is 0 Å². The number of amides is 2. The minimum atomic E-state index is -0.472. The van der Waals surface area contributed by atoms with Crippen molar-refractivity contribution in [2.75, 3.05) is 18.7 Å². The Balaban J connectivity index is 1.36. The van der Waals surface area contributed by atoms with Crippen molar-refractivity contribution in [1.82, 2.24) is 5.32 Å². The van der Waals surface area contributed by atoms with Gasteiger partial charge in [0.05, 0.1) is 11.3 Å². The van der Waals surface area contributed by atoms with Gasteiger partial charge in [0.15, 0.2) is 18.1 Å². The zero-order valence-electron chi connectivity index (χ0n) is 16.4. The van der Waals surface area contributed by atoms with Gasteiger partial charge in [0, 0.05) is 12.6 Å². The second-order valence-electron chi connectivity index (χ2n) is 6.71. The summed E-state index contributed by atoms with van der Waals surface area (Å²) in [4.78, 5) is 24.9. The second-order valence-corrected chi connectivity index (χ2v) is 6.71. The molecule has 0 fully saturated rings. The van der Waals surface area contributed by atoms with E-state index in [0.717, 1.165) is 5.56 Å². The van der Waals surface area contributed by atoms with Crippen LogP contribution in [0.3, 0.4) is 0 Å². The number of halogens is 1. The van der Waals surface area contributed by atoms with Gasteiger partial charge in [0.25, 0.3) is 11.8 Å². The molecule has 0 radical (unpaired) electrons. The van der Waals surface area contributed by atoms with Crippen LogP contribution in [0.5, 0.6) is 17.2 Å². The average molecular weight is 422 g/mol. The molecule has 1 aliphatic rings. The second kappa shape index (κ2) is 9.17. The molecular weight excluding hydrogens is 403 g/mol. The van der Waals surface area contributed by atoms with Gasteiger partial charge in [-0.3, -0.25) is 9.59 Å². The summed E-state index contributed by atoms with van der Waals surface area (Å²) in [5.74, 6) is 0.272. The van der Waals surface area contributed by atoms with Gasteiger partial charge in [-0.1, -0.05) is 24.3 Å². The molecule has 3 aromatic rings. The Hall–Kier alpha value is -4.07. The summed E-state index contributed by atoms with van der Waals surface area (Å²) < 4.78 is 29.1. The molecule has 0 aliphatic carbocycles. The summed E-state index contributed by atoms with van der Waals surface area (Å²) in [6.45, 7) is 0.137. The first-order valence-electron chi connectivity index (χ1n) is 9.52. The van der Waals surface area contributed by atoms with Crippen LogP contribution in [0.25, 0.3) is 0 Å². The van der Waals surface area contributed by atoms with E-state index in [1.54, 1.807) is 42.5 Å². The van der Waals surface area contributed by atoms with Gasteiger partial charge in [-0.15, -0.1) is 0 Å². The molecule has 4 rings (SSSR count). The van der Waals surface area contributed by atoms with Crippen molar-refractivity contribution in [1.29, 1.82) is 0 Å². The van der Waals surface area contributed by atoms with Crippen molar-refractivity contribution in [3.63, 3.8) is 0 Å². The number of nitrogens with one attached hydrogen (secondary N) is 2. The lowest BCUT2D eigenvalue weighted by Crippen LogP contribution is -2.26. The SMILES string of the molecule is O=C(COc1cccc(F)c1)Nc1ccccc1C(=O)NCc1ccc2c(c1)OCO2. The monoisotopic (exact) mass is 422 g/mol. The number of benzene rings is 3. The van der Waals surface area contributed by atoms with Crippen LogP contribution < -0.4 is 24.8 Å². The lowest BCUT2D eigenvalue weighted by molar-refractivity contribution is -0.118. The molecule has 0 spiro atoms. The quantitative estimate of drug-likeness (QED) is 0.609. The highest BCUT2D eigenvalue weighted by Gasteiger charge is 2.16. The molecule has 0 atom stereocenters. The van der Waals surface area contributed by atoms with Crippen LogP contribution in [0.1, 0.15) is 15.9 Å². The molecule has 3 aromatic carbocycles. The van der Waals surface area contributed by atoms with Crippen LogP contribution >= 0.6 is 0 Å². The first kappa shape index (κ1) is 20.2. The van der Waals surface area contributed by atoms with Crippen molar-refractivity contribution in [3.05, 3.63) is 83.7 Å². The van der Waals surface area contributed by atoms with Crippen LogP contribution in [0, 0.1) is 5.82 Å². The third-order valence-corrected chi connectivity index (χ3v) is 4.50. The summed E-state index contributed by atoms with van der Waals surface area (Å²) in [7, 11) is 0. The van der Waals surface area contributed by atoms with E-state index in [0.29, 0.717) is 22.7 Å². The standard InChI is InChI=1S/C23H19FN2O5/c24-16-4-3-5-17(11-16)29-13-22(27)26-19-7-2-1-6-18(19)23(28)25-12-15-8-9-20-21(10-15)31-14-30-20/h1-11H,12-14H2,(H,25,28)(H,26,27). The molecule has 0 saturated carbocycles. The van der Waals surface area contributed by atoms with Crippen molar-refractivity contribution >= 4 is 17.5 Å². The van der Waals surface area contributed by atoms with Crippen LogP contribution in [0.15, 0.2) is 66.7 Å². The number of para-hydroxylation sites is 1. The van der Waals surface area contributed by atoms with E-state index in [4.69, 9.17) is 14.2 Å². The number of hydrogen-bond donors (Lipinski definition) is 2. The van der Waals surface area contributed by atoms with Crippen LogP contribution in [0.4, 0.5) is 10.1 Å². The number of carbonyl (C=O) groups excluding carboxylic acids is 2. The van der Waals surface area contributed by atoms with E-state index in [1.165, 1.54) is 18.2 Å². The fourth-order valence-electron chi connectivity index (χ4n) is 3.01. The number of hydrogen-bond acceptors (Lipinski definition) is 5. The first-order chi connectivity index (χ1) is 15.1. The molecule has 2 N–H and O–H groups in total. The Kier molecular flexibility index (Phi) is 5.98. The van der Waals surface area contributed by atoms with Gasteiger partial charge in [0.2, 0.25) is 6.79 Å². The molecule has 1 heterocycles. The van der Waals surface area contributed by atoms with E-state index in [9.17, 15) is 14.0 Å². The zero-order valence-corrected chi connectivity index (χ0v) is 16.4. The maximum absolute atomic E-state index is 13.2. The van der Waals surface area contributed by atoms with E-state index >= 15 is 0 Å². The molecule has 31 heavy (non-hydrogen) atoms. The number of anilines is 1. The lowest BCUT2D eigenvalue weighted by atomic mass is 10.1. The Labute approximate surface area is 177 Å². The van der Waals surface area contributed by atoms with Crippen LogP contribution in [0.2, 0.25) is 0 Å². The Morgan fingerprint density at radius 1 is 0.968 bits per heavy atom. The minimum absolute atomic E-state index is 0.182. The van der Waals surface area contributed by atoms with E-state index in [2.05, 4.69) is 10.6 Å².